The summed E-state index contributed by atoms with van der Waals surface area (Å²) in [5.74, 6) is 0.0412. The minimum Gasteiger partial charge on any atom is -0.497 e. The van der Waals surface area contributed by atoms with Crippen LogP contribution in [0.4, 0.5) is 5.69 Å². The van der Waals surface area contributed by atoms with Gasteiger partial charge in [0.25, 0.3) is 0 Å². The number of hydrogen-bond acceptors (Lipinski definition) is 6. The number of carbonyl (C=O) groups excluding carboxylic acids is 2. The van der Waals surface area contributed by atoms with E-state index in [1.165, 1.54) is 19.1 Å². The Morgan fingerprint density at radius 2 is 1.76 bits per heavy atom. The van der Waals surface area contributed by atoms with Crippen molar-refractivity contribution in [1.82, 2.24) is 10.2 Å². The van der Waals surface area contributed by atoms with Gasteiger partial charge < -0.3 is 19.7 Å². The molecular formula is C28H39N3O6S. The zero-order valence-electron chi connectivity index (χ0n) is 22.9. The van der Waals surface area contributed by atoms with Crippen molar-refractivity contribution in [2.45, 2.75) is 64.6 Å². The number of hydrogen-bond donors (Lipinski definition) is 1. The highest BCUT2D eigenvalue weighted by Gasteiger charge is 2.34. The number of ether oxygens (including phenoxy) is 2. The van der Waals surface area contributed by atoms with Gasteiger partial charge in [-0.25, -0.2) is 8.42 Å². The molecule has 1 fully saturated rings. The number of methoxy groups -OCH3 is 2. The van der Waals surface area contributed by atoms with Gasteiger partial charge in [0.2, 0.25) is 21.8 Å². The van der Waals surface area contributed by atoms with E-state index in [0.29, 0.717) is 12.2 Å². The standard InChI is InChI=1S/C28H39N3O6S/c1-6-24(28(33)29-22-13-9-10-14-22)30(18-21-12-8-7-11-20(21)2)27(32)19-31(38(5,34)35)25-16-15-23(36-3)17-26(25)37-4/h7-8,11-12,15-17,22,24H,6,9-10,13-14,18-19H2,1-5H3,(H,29,33)/t24-/m1/s1. The monoisotopic (exact) mass is 545 g/mol. The second-order valence-corrected chi connectivity index (χ2v) is 11.6. The zero-order valence-corrected chi connectivity index (χ0v) is 23.7. The first-order chi connectivity index (χ1) is 18.1. The molecule has 0 saturated heterocycles. The molecule has 2 amide bonds. The first kappa shape index (κ1) is 29.3. The Morgan fingerprint density at radius 3 is 2.34 bits per heavy atom. The average molecular weight is 546 g/mol. The van der Waals surface area contributed by atoms with E-state index in [2.05, 4.69) is 5.32 Å². The molecule has 1 atom stereocenters. The third-order valence-electron chi connectivity index (χ3n) is 7.02. The Labute approximate surface area is 226 Å². The third-order valence-corrected chi connectivity index (χ3v) is 8.15. The largest absolute Gasteiger partial charge is 0.497 e. The van der Waals surface area contributed by atoms with E-state index < -0.39 is 28.5 Å². The molecule has 1 aliphatic rings. The first-order valence-corrected chi connectivity index (χ1v) is 14.8. The maximum atomic E-state index is 13.9. The van der Waals surface area contributed by atoms with E-state index in [1.807, 2.05) is 38.1 Å². The van der Waals surface area contributed by atoms with Gasteiger partial charge in [-0.15, -0.1) is 0 Å². The number of amides is 2. The van der Waals surface area contributed by atoms with Crippen molar-refractivity contribution in [2.75, 3.05) is 31.3 Å². The smallest absolute Gasteiger partial charge is 0.244 e. The molecule has 3 rings (SSSR count). The van der Waals surface area contributed by atoms with Crippen LogP contribution in [0.1, 0.15) is 50.2 Å². The van der Waals surface area contributed by atoms with E-state index >= 15 is 0 Å². The zero-order chi connectivity index (χ0) is 27.9. The highest BCUT2D eigenvalue weighted by atomic mass is 32.2. The molecule has 10 heteroatoms. The number of nitrogens with zero attached hydrogens (tertiary/aromatic N) is 2. The van der Waals surface area contributed by atoms with Crippen LogP contribution in [0, 0.1) is 6.92 Å². The molecule has 0 bridgehead atoms. The molecule has 208 valence electrons. The average Bonchev–Trinajstić information content (AvgIpc) is 3.40. The van der Waals surface area contributed by atoms with E-state index in [-0.39, 0.29) is 29.9 Å². The molecular weight excluding hydrogens is 506 g/mol. The first-order valence-electron chi connectivity index (χ1n) is 12.9. The molecule has 9 nitrogen and oxygen atoms in total. The molecule has 0 radical (unpaired) electrons. The minimum atomic E-state index is -3.89. The fourth-order valence-electron chi connectivity index (χ4n) is 4.84. The quantitative estimate of drug-likeness (QED) is 0.437. The number of anilines is 1. The summed E-state index contributed by atoms with van der Waals surface area (Å²) in [6.07, 6.45) is 5.42. The molecule has 1 saturated carbocycles. The summed E-state index contributed by atoms with van der Waals surface area (Å²) < 4.78 is 37.5. The van der Waals surface area contributed by atoms with Crippen LogP contribution in [0.2, 0.25) is 0 Å². The number of nitrogens with one attached hydrogen (secondary N) is 1. The summed E-state index contributed by atoms with van der Waals surface area (Å²) in [7, 11) is -0.967. The number of carbonyl (C=O) groups is 2. The van der Waals surface area contributed by atoms with Gasteiger partial charge in [0.1, 0.15) is 24.1 Å². The lowest BCUT2D eigenvalue weighted by Gasteiger charge is -2.34. The molecule has 0 unspecified atom stereocenters. The minimum absolute atomic E-state index is 0.100. The maximum Gasteiger partial charge on any atom is 0.244 e. The molecule has 0 aromatic heterocycles. The molecule has 1 N–H and O–H groups in total. The van der Waals surface area contributed by atoms with Crippen LogP contribution < -0.4 is 19.1 Å². The maximum absolute atomic E-state index is 13.9. The summed E-state index contributed by atoms with van der Waals surface area (Å²) in [4.78, 5) is 28.8. The van der Waals surface area contributed by atoms with Gasteiger partial charge in [-0.05, 0) is 49.4 Å². The van der Waals surface area contributed by atoms with E-state index in [4.69, 9.17) is 9.47 Å². The van der Waals surface area contributed by atoms with Crippen molar-refractivity contribution in [3.05, 3.63) is 53.6 Å². The van der Waals surface area contributed by atoms with Crippen LogP contribution in [-0.2, 0) is 26.2 Å². The van der Waals surface area contributed by atoms with Gasteiger partial charge in [-0.3, -0.25) is 13.9 Å². The third kappa shape index (κ3) is 7.18. The lowest BCUT2D eigenvalue weighted by Crippen LogP contribution is -2.53. The summed E-state index contributed by atoms with van der Waals surface area (Å²) in [5, 5.41) is 3.11. The Hall–Kier alpha value is -3.27. The van der Waals surface area contributed by atoms with Crippen LogP contribution in [-0.4, -0.2) is 64.2 Å². The topological polar surface area (TPSA) is 105 Å². The summed E-state index contributed by atoms with van der Waals surface area (Å²) in [6.45, 7) is 3.50. The van der Waals surface area contributed by atoms with Crippen molar-refractivity contribution in [1.29, 1.82) is 0 Å². The van der Waals surface area contributed by atoms with Gasteiger partial charge in [0.15, 0.2) is 0 Å². The van der Waals surface area contributed by atoms with E-state index in [9.17, 15) is 18.0 Å². The Balaban J connectivity index is 1.98. The normalized spacial score (nSPS) is 14.6. The fourth-order valence-corrected chi connectivity index (χ4v) is 5.70. The van der Waals surface area contributed by atoms with E-state index in [1.54, 1.807) is 18.2 Å². The number of benzene rings is 2. The van der Waals surface area contributed by atoms with Crippen LogP contribution in [0.5, 0.6) is 11.5 Å². The summed E-state index contributed by atoms with van der Waals surface area (Å²) in [6, 6.07) is 11.7. The van der Waals surface area contributed by atoms with Crippen molar-refractivity contribution in [2.24, 2.45) is 0 Å². The Bertz CT molecular complexity index is 1230. The summed E-state index contributed by atoms with van der Waals surface area (Å²) >= 11 is 0. The fraction of sp³-hybridized carbons (Fsp3) is 0.500. The van der Waals surface area contributed by atoms with Crippen LogP contribution >= 0.6 is 0 Å². The molecule has 38 heavy (non-hydrogen) atoms. The van der Waals surface area contributed by atoms with Gasteiger partial charge in [-0.1, -0.05) is 44.0 Å². The van der Waals surface area contributed by atoms with Crippen molar-refractivity contribution >= 4 is 27.5 Å². The van der Waals surface area contributed by atoms with Crippen molar-refractivity contribution < 1.29 is 27.5 Å². The molecule has 1 aliphatic carbocycles. The van der Waals surface area contributed by atoms with E-state index in [0.717, 1.165) is 47.4 Å². The Morgan fingerprint density at radius 1 is 1.08 bits per heavy atom. The van der Waals surface area contributed by atoms with Crippen LogP contribution in [0.15, 0.2) is 42.5 Å². The number of rotatable bonds is 12. The van der Waals surface area contributed by atoms with Gasteiger partial charge >= 0.3 is 0 Å². The Kier molecular flexibility index (Phi) is 10.0. The predicted octanol–water partition coefficient (Wildman–Crippen LogP) is 3.64. The summed E-state index contributed by atoms with van der Waals surface area (Å²) in [5.41, 5.74) is 2.08. The van der Waals surface area contributed by atoms with Gasteiger partial charge in [-0.2, -0.15) is 0 Å². The second kappa shape index (κ2) is 13.0. The number of sulfonamides is 1. The SMILES string of the molecule is CC[C@H](C(=O)NC1CCCC1)N(Cc1ccccc1C)C(=O)CN(c1ccc(OC)cc1OC)S(C)(=O)=O. The molecule has 0 aliphatic heterocycles. The van der Waals surface area contributed by atoms with Crippen LogP contribution in [0.3, 0.4) is 0 Å². The van der Waals surface area contributed by atoms with Gasteiger partial charge in [0.05, 0.1) is 26.2 Å². The highest BCUT2D eigenvalue weighted by molar-refractivity contribution is 7.92. The molecule has 2 aromatic rings. The highest BCUT2D eigenvalue weighted by Crippen LogP contribution is 2.34. The molecule has 0 heterocycles. The lowest BCUT2D eigenvalue weighted by molar-refractivity contribution is -0.140. The van der Waals surface area contributed by atoms with Gasteiger partial charge in [0, 0.05) is 18.7 Å². The lowest BCUT2D eigenvalue weighted by atomic mass is 10.1. The molecule has 2 aromatic carbocycles. The van der Waals surface area contributed by atoms with Crippen molar-refractivity contribution in [3.8, 4) is 11.5 Å². The molecule has 0 spiro atoms. The second-order valence-electron chi connectivity index (χ2n) is 9.67. The number of aryl methyl sites for hydroxylation is 1. The van der Waals surface area contributed by atoms with Crippen molar-refractivity contribution in [3.63, 3.8) is 0 Å². The van der Waals surface area contributed by atoms with Crippen LogP contribution in [0.25, 0.3) is 0 Å². The predicted molar refractivity (Wildman–Crippen MR) is 148 cm³/mol.